The Hall–Kier alpha value is -1.94. The van der Waals surface area contributed by atoms with Crippen molar-refractivity contribution in [1.82, 2.24) is 4.98 Å². The lowest BCUT2D eigenvalue weighted by Gasteiger charge is -2.08. The van der Waals surface area contributed by atoms with Gasteiger partial charge < -0.3 is 10.2 Å². The molecular weight excluding hydrogens is 221 g/mol. The number of halogens is 1. The Balaban J connectivity index is 2.46. The molecule has 0 saturated carbocycles. The summed E-state index contributed by atoms with van der Waals surface area (Å²) in [6, 6.07) is 1.32. The van der Waals surface area contributed by atoms with Gasteiger partial charge in [0.05, 0.1) is 6.20 Å². The van der Waals surface area contributed by atoms with Gasteiger partial charge in [0, 0.05) is 11.8 Å². The second kappa shape index (κ2) is 4.51. The van der Waals surface area contributed by atoms with E-state index in [2.05, 4.69) is 4.98 Å². The Bertz CT molecular complexity index is 532. The monoisotopic (exact) mass is 233 g/mol. The molecule has 3 nitrogen and oxygen atoms in total. The molecule has 17 heavy (non-hydrogen) atoms. The van der Waals surface area contributed by atoms with E-state index in [0.29, 0.717) is 16.7 Å². The maximum Gasteiger partial charge on any atom is 0.142 e. The first-order valence-electron chi connectivity index (χ1n) is 5.16. The number of allylic oxidation sites excluding steroid dienone is 4. The second-order valence-electron chi connectivity index (χ2n) is 3.90. The van der Waals surface area contributed by atoms with Crippen molar-refractivity contribution in [2.75, 3.05) is 0 Å². The van der Waals surface area contributed by atoms with Gasteiger partial charge in [0.2, 0.25) is 0 Å². The van der Waals surface area contributed by atoms with Crippen molar-refractivity contribution < 1.29 is 14.6 Å². The smallest absolute Gasteiger partial charge is 0.142 e. The molecule has 0 bridgehead atoms. The van der Waals surface area contributed by atoms with Crippen molar-refractivity contribution >= 4 is 5.57 Å². The lowest BCUT2D eigenvalue weighted by molar-refractivity contribution is 0.183. The summed E-state index contributed by atoms with van der Waals surface area (Å²) in [7, 11) is 0. The van der Waals surface area contributed by atoms with Gasteiger partial charge in [-0.25, -0.2) is 4.39 Å². The van der Waals surface area contributed by atoms with Crippen LogP contribution in [0.3, 0.4) is 0 Å². The van der Waals surface area contributed by atoms with Gasteiger partial charge in [-0.3, -0.25) is 4.98 Å². The van der Waals surface area contributed by atoms with Crippen LogP contribution in [0.2, 0.25) is 0 Å². The lowest BCUT2D eigenvalue weighted by Crippen LogP contribution is -2.10. The number of pyridine rings is 1. The highest BCUT2D eigenvalue weighted by Gasteiger charge is 2.15. The summed E-state index contributed by atoms with van der Waals surface area (Å²) in [6.07, 6.45) is 6.40. The number of aliphatic hydroxyl groups is 2. The average molecular weight is 233 g/mol. The van der Waals surface area contributed by atoms with Crippen molar-refractivity contribution in [3.63, 3.8) is 0 Å². The summed E-state index contributed by atoms with van der Waals surface area (Å²) in [6.45, 7) is 1.71. The van der Waals surface area contributed by atoms with Crippen LogP contribution in [0.5, 0.6) is 0 Å². The summed E-state index contributed by atoms with van der Waals surface area (Å²) in [5.41, 5.74) is 1.78. The molecule has 1 aliphatic carbocycles. The minimum absolute atomic E-state index is 0.160. The van der Waals surface area contributed by atoms with Gasteiger partial charge in [0.25, 0.3) is 0 Å². The van der Waals surface area contributed by atoms with Gasteiger partial charge in [-0.05, 0) is 30.2 Å². The van der Waals surface area contributed by atoms with Crippen molar-refractivity contribution in [2.45, 2.75) is 13.0 Å². The molecule has 1 aromatic rings. The van der Waals surface area contributed by atoms with E-state index in [0.717, 1.165) is 6.20 Å². The summed E-state index contributed by atoms with van der Waals surface area (Å²) in [5.74, 6) is -0.603. The molecule has 1 aliphatic rings. The average Bonchev–Trinajstić information content (AvgIpc) is 2.43. The van der Waals surface area contributed by atoms with Crippen LogP contribution >= 0.6 is 0 Å². The minimum Gasteiger partial charge on any atom is -0.509 e. The highest BCUT2D eigenvalue weighted by Crippen LogP contribution is 2.23. The van der Waals surface area contributed by atoms with Crippen LogP contribution in [0, 0.1) is 5.82 Å². The third-order valence-electron chi connectivity index (χ3n) is 2.58. The lowest BCUT2D eigenvalue weighted by atomic mass is 10.1. The number of aliphatic hydroxyl groups excluding tert-OH is 2. The third kappa shape index (κ3) is 2.42. The van der Waals surface area contributed by atoms with E-state index in [1.807, 2.05) is 0 Å². The van der Waals surface area contributed by atoms with E-state index in [1.54, 1.807) is 19.1 Å². The molecule has 0 spiro atoms. The third-order valence-corrected chi connectivity index (χ3v) is 2.58. The van der Waals surface area contributed by atoms with Gasteiger partial charge in [-0.15, -0.1) is 0 Å². The van der Waals surface area contributed by atoms with Crippen LogP contribution in [0.15, 0.2) is 48.0 Å². The standard InChI is InChI=1S/C13H12FNO2/c1-8-2-3-9(5-12(16)13(8)17)10-4-11(14)7-15-6-10/h2-7,13,16-17H,1H3. The predicted molar refractivity (Wildman–Crippen MR) is 62.6 cm³/mol. The van der Waals surface area contributed by atoms with Crippen molar-refractivity contribution in [1.29, 1.82) is 0 Å². The summed E-state index contributed by atoms with van der Waals surface area (Å²) in [4.78, 5) is 3.74. The van der Waals surface area contributed by atoms with Crippen LogP contribution in [0.1, 0.15) is 12.5 Å². The molecule has 0 aromatic carbocycles. The Morgan fingerprint density at radius 2 is 2.06 bits per heavy atom. The van der Waals surface area contributed by atoms with Crippen LogP contribution in [0.25, 0.3) is 5.57 Å². The second-order valence-corrected chi connectivity index (χ2v) is 3.90. The molecule has 1 aromatic heterocycles. The number of nitrogens with zero attached hydrogens (tertiary/aromatic N) is 1. The molecule has 0 radical (unpaired) electrons. The van der Waals surface area contributed by atoms with Gasteiger partial charge in [-0.2, -0.15) is 0 Å². The van der Waals surface area contributed by atoms with Gasteiger partial charge in [0.1, 0.15) is 17.7 Å². The SMILES string of the molecule is CC1=CC=C(c2cncc(F)c2)C=C(O)C1O. The van der Waals surface area contributed by atoms with Gasteiger partial charge >= 0.3 is 0 Å². The molecule has 0 saturated heterocycles. The molecule has 2 rings (SSSR count). The molecule has 1 heterocycles. The highest BCUT2D eigenvalue weighted by molar-refractivity contribution is 5.76. The van der Waals surface area contributed by atoms with Crippen molar-refractivity contribution in [2.24, 2.45) is 0 Å². The van der Waals surface area contributed by atoms with E-state index in [-0.39, 0.29) is 5.76 Å². The molecule has 0 aliphatic heterocycles. The van der Waals surface area contributed by atoms with E-state index >= 15 is 0 Å². The molecule has 2 N–H and O–H groups in total. The molecule has 1 unspecified atom stereocenters. The van der Waals surface area contributed by atoms with Gasteiger partial charge in [0.15, 0.2) is 0 Å². The summed E-state index contributed by atoms with van der Waals surface area (Å²) >= 11 is 0. The maximum atomic E-state index is 13.0. The van der Waals surface area contributed by atoms with Crippen molar-refractivity contribution in [3.05, 3.63) is 59.4 Å². The first kappa shape index (κ1) is 11.5. The maximum absolute atomic E-state index is 13.0. The van der Waals surface area contributed by atoms with E-state index < -0.39 is 11.9 Å². The fraction of sp³-hybridized carbons (Fsp3) is 0.154. The normalized spacial score (nSPS) is 20.2. The zero-order valence-electron chi connectivity index (χ0n) is 9.26. The van der Waals surface area contributed by atoms with E-state index in [1.165, 1.54) is 18.3 Å². The molecular formula is C13H12FNO2. The number of aromatic nitrogens is 1. The molecule has 0 fully saturated rings. The predicted octanol–water partition coefficient (Wildman–Crippen LogP) is 2.37. The fourth-order valence-electron chi connectivity index (χ4n) is 1.58. The molecule has 88 valence electrons. The summed E-state index contributed by atoms with van der Waals surface area (Å²) < 4.78 is 13.0. The summed E-state index contributed by atoms with van der Waals surface area (Å²) in [5, 5.41) is 19.3. The van der Waals surface area contributed by atoms with Crippen molar-refractivity contribution in [3.8, 4) is 0 Å². The number of hydrogen-bond acceptors (Lipinski definition) is 3. The van der Waals surface area contributed by atoms with Crippen LogP contribution in [-0.4, -0.2) is 21.3 Å². The zero-order valence-corrected chi connectivity index (χ0v) is 9.26. The highest BCUT2D eigenvalue weighted by atomic mass is 19.1. The molecule has 1 atom stereocenters. The van der Waals surface area contributed by atoms with Crippen LogP contribution in [-0.2, 0) is 0 Å². The quantitative estimate of drug-likeness (QED) is 0.783. The van der Waals surface area contributed by atoms with E-state index in [4.69, 9.17) is 0 Å². The zero-order chi connectivity index (χ0) is 12.4. The van der Waals surface area contributed by atoms with Gasteiger partial charge in [-0.1, -0.05) is 12.2 Å². The minimum atomic E-state index is -1.01. The first-order chi connectivity index (χ1) is 8.08. The largest absolute Gasteiger partial charge is 0.509 e. The number of hydrogen-bond donors (Lipinski definition) is 2. The topological polar surface area (TPSA) is 53.4 Å². The Labute approximate surface area is 98.2 Å². The Morgan fingerprint density at radius 3 is 2.76 bits per heavy atom. The first-order valence-corrected chi connectivity index (χ1v) is 5.16. The Kier molecular flexibility index (Phi) is 3.06. The molecule has 0 amide bonds. The number of rotatable bonds is 1. The van der Waals surface area contributed by atoms with E-state index in [9.17, 15) is 14.6 Å². The Morgan fingerprint density at radius 1 is 1.29 bits per heavy atom. The van der Waals surface area contributed by atoms with Crippen LogP contribution in [0.4, 0.5) is 4.39 Å². The fourth-order valence-corrected chi connectivity index (χ4v) is 1.58. The molecule has 4 heteroatoms. The van der Waals surface area contributed by atoms with Crippen LogP contribution < -0.4 is 0 Å².